The van der Waals surface area contributed by atoms with E-state index in [1.54, 1.807) is 0 Å². The van der Waals surface area contributed by atoms with Crippen LogP contribution in [0, 0.1) is 13.8 Å². The van der Waals surface area contributed by atoms with E-state index in [-0.39, 0.29) is 0 Å². The van der Waals surface area contributed by atoms with Gasteiger partial charge in [0.05, 0.1) is 18.0 Å². The molecule has 0 amide bonds. The smallest absolute Gasteiger partial charge is 0.161 e. The minimum atomic E-state index is 0.806. The fourth-order valence-electron chi connectivity index (χ4n) is 1.54. The molecule has 0 atom stereocenters. The maximum absolute atomic E-state index is 5.48. The molecule has 2 heterocycles. The molecule has 0 aromatic carbocycles. The Labute approximate surface area is 99.3 Å². The van der Waals surface area contributed by atoms with Crippen LogP contribution in [0.25, 0.3) is 0 Å². The van der Waals surface area contributed by atoms with Crippen LogP contribution >= 0.6 is 0 Å². The lowest BCUT2D eigenvalue weighted by Gasteiger charge is -2.17. The predicted octanol–water partition coefficient (Wildman–Crippen LogP) is 3.47. The first kappa shape index (κ1) is 14.9. The molecule has 1 aliphatic rings. The summed E-state index contributed by atoms with van der Waals surface area (Å²) in [5, 5.41) is 0. The van der Waals surface area contributed by atoms with E-state index in [4.69, 9.17) is 4.74 Å². The van der Waals surface area contributed by atoms with Crippen LogP contribution in [-0.4, -0.2) is 16.6 Å². The average Bonchev–Trinajstić information content (AvgIpc) is 2.34. The molecule has 0 unspecified atom stereocenters. The molecule has 2 rings (SSSR count). The Hall–Kier alpha value is -1.12. The lowest BCUT2D eigenvalue weighted by atomic mass is 10.1. The summed E-state index contributed by atoms with van der Waals surface area (Å²) in [5.74, 6) is 1.75. The largest absolute Gasteiger partial charge is 0.490 e. The quantitative estimate of drug-likeness (QED) is 0.677. The van der Waals surface area contributed by atoms with E-state index in [1.807, 2.05) is 41.5 Å². The number of fused-ring (bicyclic) bond motifs is 1. The summed E-state index contributed by atoms with van der Waals surface area (Å²) in [5.41, 5.74) is 2.04. The molecule has 0 spiro atoms. The van der Waals surface area contributed by atoms with Gasteiger partial charge in [-0.3, -0.25) is 0 Å². The minimum Gasteiger partial charge on any atom is -0.490 e. The first-order valence-corrected chi connectivity index (χ1v) is 6.24. The number of rotatable bonds is 0. The second kappa shape index (κ2) is 8.08. The van der Waals surface area contributed by atoms with Crippen molar-refractivity contribution in [2.45, 2.75) is 54.4 Å². The van der Waals surface area contributed by atoms with Gasteiger partial charge in [0, 0.05) is 0 Å². The average molecular weight is 224 g/mol. The summed E-state index contributed by atoms with van der Waals surface area (Å²) >= 11 is 0. The molecule has 3 heteroatoms. The molecule has 0 bridgehead atoms. The number of hydrogen-bond acceptors (Lipinski definition) is 3. The van der Waals surface area contributed by atoms with Crippen molar-refractivity contribution in [1.29, 1.82) is 0 Å². The van der Waals surface area contributed by atoms with Gasteiger partial charge < -0.3 is 4.74 Å². The zero-order valence-electron chi connectivity index (χ0n) is 11.4. The van der Waals surface area contributed by atoms with Gasteiger partial charge in [-0.1, -0.05) is 27.7 Å². The van der Waals surface area contributed by atoms with Crippen molar-refractivity contribution >= 4 is 0 Å². The monoisotopic (exact) mass is 224 g/mol. The van der Waals surface area contributed by atoms with E-state index in [0.717, 1.165) is 42.4 Å². The molecule has 1 aliphatic heterocycles. The van der Waals surface area contributed by atoms with Crippen molar-refractivity contribution in [3.63, 3.8) is 0 Å². The van der Waals surface area contributed by atoms with E-state index in [9.17, 15) is 0 Å². The second-order valence-corrected chi connectivity index (χ2v) is 3.08. The molecule has 0 radical (unpaired) electrons. The second-order valence-electron chi connectivity index (χ2n) is 3.08. The SMILES string of the molecule is CC.CC.Cc1nc(C)c2c(n1)CCCO2. The Morgan fingerprint density at radius 1 is 1.00 bits per heavy atom. The van der Waals surface area contributed by atoms with Crippen LogP contribution in [0.15, 0.2) is 0 Å². The van der Waals surface area contributed by atoms with E-state index in [2.05, 4.69) is 9.97 Å². The summed E-state index contributed by atoms with van der Waals surface area (Å²) in [4.78, 5) is 8.59. The van der Waals surface area contributed by atoms with Crippen molar-refractivity contribution < 1.29 is 4.74 Å². The highest BCUT2D eigenvalue weighted by molar-refractivity contribution is 5.33. The van der Waals surface area contributed by atoms with Gasteiger partial charge in [-0.25, -0.2) is 9.97 Å². The maximum Gasteiger partial charge on any atom is 0.161 e. The number of hydrogen-bond donors (Lipinski definition) is 0. The fourth-order valence-corrected chi connectivity index (χ4v) is 1.54. The molecular weight excluding hydrogens is 200 g/mol. The van der Waals surface area contributed by atoms with Crippen molar-refractivity contribution in [1.82, 2.24) is 9.97 Å². The van der Waals surface area contributed by atoms with Gasteiger partial charge >= 0.3 is 0 Å². The lowest BCUT2D eigenvalue weighted by molar-refractivity contribution is 0.280. The van der Waals surface area contributed by atoms with Gasteiger partial charge in [-0.2, -0.15) is 0 Å². The van der Waals surface area contributed by atoms with E-state index in [1.165, 1.54) is 0 Å². The summed E-state index contributed by atoms with van der Waals surface area (Å²) in [7, 11) is 0. The summed E-state index contributed by atoms with van der Waals surface area (Å²) < 4.78 is 5.48. The third-order valence-electron chi connectivity index (χ3n) is 2.02. The molecule has 3 nitrogen and oxygen atoms in total. The van der Waals surface area contributed by atoms with E-state index >= 15 is 0 Å². The molecule has 0 saturated heterocycles. The van der Waals surface area contributed by atoms with E-state index < -0.39 is 0 Å². The molecule has 0 fully saturated rings. The number of aromatic nitrogens is 2. The van der Waals surface area contributed by atoms with Crippen molar-refractivity contribution in [3.8, 4) is 5.75 Å². The van der Waals surface area contributed by atoms with Gasteiger partial charge in [0.2, 0.25) is 0 Å². The number of aryl methyl sites for hydroxylation is 3. The van der Waals surface area contributed by atoms with Crippen LogP contribution < -0.4 is 4.74 Å². The van der Waals surface area contributed by atoms with Crippen LogP contribution in [0.5, 0.6) is 5.75 Å². The van der Waals surface area contributed by atoms with E-state index in [0.29, 0.717) is 0 Å². The van der Waals surface area contributed by atoms with Crippen LogP contribution in [0.1, 0.15) is 51.3 Å². The Morgan fingerprint density at radius 2 is 1.62 bits per heavy atom. The molecule has 0 N–H and O–H groups in total. The zero-order valence-corrected chi connectivity index (χ0v) is 11.4. The molecule has 0 aliphatic carbocycles. The molecule has 16 heavy (non-hydrogen) atoms. The first-order valence-electron chi connectivity index (χ1n) is 6.24. The van der Waals surface area contributed by atoms with Crippen molar-refractivity contribution in [2.75, 3.05) is 6.61 Å². The topological polar surface area (TPSA) is 35.0 Å². The lowest BCUT2D eigenvalue weighted by Crippen LogP contribution is -2.13. The Balaban J connectivity index is 0.000000509. The minimum absolute atomic E-state index is 0.806. The Morgan fingerprint density at radius 3 is 2.25 bits per heavy atom. The van der Waals surface area contributed by atoms with Crippen LogP contribution in [0.4, 0.5) is 0 Å². The molecule has 0 saturated carbocycles. The van der Waals surface area contributed by atoms with Crippen molar-refractivity contribution in [3.05, 3.63) is 17.2 Å². The highest BCUT2D eigenvalue weighted by Gasteiger charge is 2.15. The molecule has 1 aromatic rings. The summed E-state index contributed by atoms with van der Waals surface area (Å²) in [6.45, 7) is 12.7. The Bertz CT molecular complexity index is 311. The zero-order chi connectivity index (χ0) is 12.6. The van der Waals surface area contributed by atoms with Crippen LogP contribution in [0.3, 0.4) is 0 Å². The first-order chi connectivity index (χ1) is 7.77. The fraction of sp³-hybridized carbons (Fsp3) is 0.692. The van der Waals surface area contributed by atoms with Gasteiger partial charge in [0.1, 0.15) is 5.82 Å². The van der Waals surface area contributed by atoms with Gasteiger partial charge in [-0.15, -0.1) is 0 Å². The van der Waals surface area contributed by atoms with Gasteiger partial charge in [-0.05, 0) is 26.7 Å². The highest BCUT2D eigenvalue weighted by atomic mass is 16.5. The number of nitrogens with zero attached hydrogens (tertiary/aromatic N) is 2. The van der Waals surface area contributed by atoms with Gasteiger partial charge in [0.25, 0.3) is 0 Å². The van der Waals surface area contributed by atoms with Crippen LogP contribution in [0.2, 0.25) is 0 Å². The summed E-state index contributed by atoms with van der Waals surface area (Å²) in [6.07, 6.45) is 2.10. The molecule has 92 valence electrons. The number of ether oxygens (including phenoxy) is 1. The Kier molecular flexibility index (Phi) is 7.52. The standard InChI is InChI=1S/C9H12N2O.2C2H6/c1-6-9-8(4-3-5-12-9)11-7(2)10-6;2*1-2/h3-5H2,1-2H3;2*1-2H3. The predicted molar refractivity (Wildman–Crippen MR) is 68.0 cm³/mol. The van der Waals surface area contributed by atoms with Crippen molar-refractivity contribution in [2.24, 2.45) is 0 Å². The normalized spacial score (nSPS) is 12.1. The van der Waals surface area contributed by atoms with Gasteiger partial charge in [0.15, 0.2) is 5.75 Å². The molecule has 1 aromatic heterocycles. The third kappa shape index (κ3) is 3.80. The molecular formula is C13H24N2O. The highest BCUT2D eigenvalue weighted by Crippen LogP contribution is 2.25. The third-order valence-corrected chi connectivity index (χ3v) is 2.02. The summed E-state index contributed by atoms with van der Waals surface area (Å²) in [6, 6.07) is 0. The maximum atomic E-state index is 5.48. The van der Waals surface area contributed by atoms with Crippen LogP contribution in [-0.2, 0) is 6.42 Å².